The molecule has 0 aliphatic rings. The molecule has 5 nitrogen and oxygen atoms in total. The molecule has 0 amide bonds. The predicted molar refractivity (Wildman–Crippen MR) is 67.4 cm³/mol. The second kappa shape index (κ2) is 5.57. The molecule has 1 aromatic heterocycles. The molecule has 0 fully saturated rings. The maximum absolute atomic E-state index is 12.6. The molecule has 0 N–H and O–H groups in total. The molecule has 2 aromatic rings. The molecule has 0 atom stereocenters. The van der Waals surface area contributed by atoms with E-state index in [4.69, 9.17) is 16.3 Å². The van der Waals surface area contributed by atoms with E-state index in [9.17, 15) is 23.3 Å². The summed E-state index contributed by atoms with van der Waals surface area (Å²) in [4.78, 5) is 13.6. The van der Waals surface area contributed by atoms with Crippen molar-refractivity contribution in [2.45, 2.75) is 6.18 Å². The van der Waals surface area contributed by atoms with E-state index in [2.05, 4.69) is 4.98 Å². The highest BCUT2D eigenvalue weighted by Gasteiger charge is 2.33. The molecule has 110 valence electrons. The van der Waals surface area contributed by atoms with Gasteiger partial charge in [0.05, 0.1) is 10.5 Å². The van der Waals surface area contributed by atoms with Crippen LogP contribution in [0.25, 0.3) is 0 Å². The van der Waals surface area contributed by atoms with Crippen LogP contribution in [0.5, 0.6) is 11.5 Å². The SMILES string of the molecule is O=[N+]([O-])c1cc(C(F)(F)F)ccc1Oc1ccnc(Cl)c1. The monoisotopic (exact) mass is 318 g/mol. The highest BCUT2D eigenvalue weighted by atomic mass is 35.5. The molecule has 0 aliphatic carbocycles. The van der Waals surface area contributed by atoms with Crippen molar-refractivity contribution in [3.8, 4) is 11.5 Å². The number of rotatable bonds is 3. The van der Waals surface area contributed by atoms with Crippen LogP contribution in [0, 0.1) is 10.1 Å². The van der Waals surface area contributed by atoms with E-state index in [1.807, 2.05) is 0 Å². The van der Waals surface area contributed by atoms with Crippen molar-refractivity contribution in [3.63, 3.8) is 0 Å². The molecular formula is C12H6ClF3N2O3. The average Bonchev–Trinajstić information content (AvgIpc) is 2.37. The fourth-order valence-corrected chi connectivity index (χ4v) is 1.66. The van der Waals surface area contributed by atoms with E-state index >= 15 is 0 Å². The first-order valence-corrected chi connectivity index (χ1v) is 5.80. The first kappa shape index (κ1) is 15.0. The van der Waals surface area contributed by atoms with Crippen LogP contribution in [0.4, 0.5) is 18.9 Å². The third-order valence-corrected chi connectivity index (χ3v) is 2.62. The van der Waals surface area contributed by atoms with Crippen LogP contribution in [0.1, 0.15) is 5.56 Å². The minimum absolute atomic E-state index is 0.0852. The van der Waals surface area contributed by atoms with Gasteiger partial charge >= 0.3 is 11.9 Å². The number of ether oxygens (including phenoxy) is 1. The summed E-state index contributed by atoms with van der Waals surface area (Å²) >= 11 is 5.62. The van der Waals surface area contributed by atoms with Gasteiger partial charge in [0.15, 0.2) is 0 Å². The number of nitro groups is 1. The molecule has 0 unspecified atom stereocenters. The number of alkyl halides is 3. The van der Waals surface area contributed by atoms with Crippen LogP contribution in [-0.2, 0) is 6.18 Å². The van der Waals surface area contributed by atoms with Crippen LogP contribution < -0.4 is 4.74 Å². The number of aromatic nitrogens is 1. The minimum Gasteiger partial charge on any atom is -0.450 e. The van der Waals surface area contributed by atoms with E-state index < -0.39 is 22.4 Å². The van der Waals surface area contributed by atoms with E-state index in [-0.39, 0.29) is 16.7 Å². The van der Waals surface area contributed by atoms with Gasteiger partial charge in [-0.15, -0.1) is 0 Å². The molecule has 0 radical (unpaired) electrons. The number of halogens is 4. The van der Waals surface area contributed by atoms with Crippen molar-refractivity contribution >= 4 is 17.3 Å². The van der Waals surface area contributed by atoms with Gasteiger partial charge in [0.2, 0.25) is 5.75 Å². The second-order valence-electron chi connectivity index (χ2n) is 3.85. The lowest BCUT2D eigenvalue weighted by Gasteiger charge is -2.09. The lowest BCUT2D eigenvalue weighted by Crippen LogP contribution is -2.06. The van der Waals surface area contributed by atoms with Crippen molar-refractivity contribution < 1.29 is 22.8 Å². The Bertz CT molecular complexity index is 692. The molecule has 0 aliphatic heterocycles. The molecular weight excluding hydrogens is 313 g/mol. The summed E-state index contributed by atoms with van der Waals surface area (Å²) in [5, 5.41) is 11.0. The van der Waals surface area contributed by atoms with Gasteiger partial charge < -0.3 is 4.74 Å². The Morgan fingerprint density at radius 2 is 1.95 bits per heavy atom. The number of nitro benzene ring substituents is 1. The Morgan fingerprint density at radius 1 is 1.24 bits per heavy atom. The normalized spacial score (nSPS) is 11.2. The van der Waals surface area contributed by atoms with E-state index in [1.165, 1.54) is 18.3 Å². The fourth-order valence-electron chi connectivity index (χ4n) is 1.50. The van der Waals surface area contributed by atoms with Crippen molar-refractivity contribution in [1.29, 1.82) is 0 Å². The van der Waals surface area contributed by atoms with Crippen LogP contribution in [0.15, 0.2) is 36.5 Å². The lowest BCUT2D eigenvalue weighted by molar-refractivity contribution is -0.385. The summed E-state index contributed by atoms with van der Waals surface area (Å²) in [6.45, 7) is 0. The first-order chi connectivity index (χ1) is 9.77. The average molecular weight is 319 g/mol. The maximum Gasteiger partial charge on any atom is 0.416 e. The quantitative estimate of drug-likeness (QED) is 0.476. The molecule has 9 heteroatoms. The zero-order chi connectivity index (χ0) is 15.6. The zero-order valence-corrected chi connectivity index (χ0v) is 10.9. The molecule has 1 aromatic carbocycles. The van der Waals surface area contributed by atoms with Gasteiger partial charge in [-0.1, -0.05) is 11.6 Å². The van der Waals surface area contributed by atoms with Gasteiger partial charge in [-0.05, 0) is 18.2 Å². The Hall–Kier alpha value is -2.35. The van der Waals surface area contributed by atoms with Crippen LogP contribution in [0.3, 0.4) is 0 Å². The van der Waals surface area contributed by atoms with Crippen molar-refractivity contribution in [2.24, 2.45) is 0 Å². The summed E-state index contributed by atoms with van der Waals surface area (Å²) in [5.41, 5.74) is -1.92. The Kier molecular flexibility index (Phi) is 3.99. The fraction of sp³-hybridized carbons (Fsp3) is 0.0833. The van der Waals surface area contributed by atoms with Gasteiger partial charge in [0, 0.05) is 18.3 Å². The van der Waals surface area contributed by atoms with Crippen molar-refractivity contribution in [1.82, 2.24) is 4.98 Å². The Morgan fingerprint density at radius 3 is 2.52 bits per heavy atom. The summed E-state index contributed by atoms with van der Waals surface area (Å²) in [5.74, 6) is -0.201. The zero-order valence-electron chi connectivity index (χ0n) is 10.1. The summed E-state index contributed by atoms with van der Waals surface area (Å²) in [7, 11) is 0. The van der Waals surface area contributed by atoms with E-state index in [1.54, 1.807) is 0 Å². The van der Waals surface area contributed by atoms with Gasteiger partial charge in [0.25, 0.3) is 0 Å². The third kappa shape index (κ3) is 3.60. The summed E-state index contributed by atoms with van der Waals surface area (Å²) in [6.07, 6.45) is -3.38. The third-order valence-electron chi connectivity index (χ3n) is 2.41. The topological polar surface area (TPSA) is 65.3 Å². The smallest absolute Gasteiger partial charge is 0.416 e. The lowest BCUT2D eigenvalue weighted by atomic mass is 10.2. The number of nitrogens with zero attached hydrogens (tertiary/aromatic N) is 2. The Labute approximate surface area is 121 Å². The van der Waals surface area contributed by atoms with E-state index in [0.717, 1.165) is 6.07 Å². The number of hydrogen-bond acceptors (Lipinski definition) is 4. The largest absolute Gasteiger partial charge is 0.450 e. The molecule has 1 heterocycles. The minimum atomic E-state index is -4.68. The Balaban J connectivity index is 2.42. The predicted octanol–water partition coefficient (Wildman–Crippen LogP) is 4.45. The van der Waals surface area contributed by atoms with Crippen LogP contribution in [0.2, 0.25) is 5.15 Å². The molecule has 0 bridgehead atoms. The van der Waals surface area contributed by atoms with Gasteiger partial charge in [-0.25, -0.2) is 4.98 Å². The molecule has 21 heavy (non-hydrogen) atoms. The van der Waals surface area contributed by atoms with Crippen molar-refractivity contribution in [2.75, 3.05) is 0 Å². The second-order valence-corrected chi connectivity index (χ2v) is 4.24. The van der Waals surface area contributed by atoms with Crippen molar-refractivity contribution in [3.05, 3.63) is 57.4 Å². The number of pyridine rings is 1. The summed E-state index contributed by atoms with van der Waals surface area (Å²) < 4.78 is 42.8. The standard InChI is InChI=1S/C12H6ClF3N2O3/c13-11-6-8(3-4-17-11)21-10-2-1-7(12(14,15)16)5-9(10)18(19)20/h1-6H. The number of hydrogen-bond donors (Lipinski definition) is 0. The molecule has 2 rings (SSSR count). The highest BCUT2D eigenvalue weighted by molar-refractivity contribution is 6.29. The molecule has 0 saturated heterocycles. The van der Waals surface area contributed by atoms with Crippen LogP contribution in [-0.4, -0.2) is 9.91 Å². The van der Waals surface area contributed by atoms with E-state index in [0.29, 0.717) is 12.1 Å². The first-order valence-electron chi connectivity index (χ1n) is 5.42. The van der Waals surface area contributed by atoms with Gasteiger partial charge in [-0.3, -0.25) is 10.1 Å². The van der Waals surface area contributed by atoms with Gasteiger partial charge in [0.1, 0.15) is 10.9 Å². The maximum atomic E-state index is 12.6. The van der Waals surface area contributed by atoms with Crippen LogP contribution >= 0.6 is 11.6 Å². The molecule has 0 spiro atoms. The van der Waals surface area contributed by atoms with Gasteiger partial charge in [-0.2, -0.15) is 13.2 Å². The number of benzene rings is 1. The highest BCUT2D eigenvalue weighted by Crippen LogP contribution is 2.37. The molecule has 0 saturated carbocycles. The summed E-state index contributed by atoms with van der Waals surface area (Å²) in [6, 6.07) is 4.65.